The van der Waals surface area contributed by atoms with Gasteiger partial charge in [0.1, 0.15) is 23.1 Å². The summed E-state index contributed by atoms with van der Waals surface area (Å²) in [5.41, 5.74) is 22.2. The van der Waals surface area contributed by atoms with E-state index >= 15 is 0 Å². The molecular formula is C114H144IN7O8S. The van der Waals surface area contributed by atoms with Crippen LogP contribution in [0.4, 0.5) is 5.82 Å². The van der Waals surface area contributed by atoms with Gasteiger partial charge in [-0.25, -0.2) is 4.98 Å². The number of anilines is 1. The first-order valence-electron chi connectivity index (χ1n) is 47.8. The number of nitrogens with zero attached hydrogens (tertiary/aromatic N) is 7. The number of piperazine rings is 1. The second-order valence-corrected chi connectivity index (χ2v) is 39.1. The minimum absolute atomic E-state index is 0.00692. The number of Topliss-reactive ketones (excluding diaryl/α,β-unsaturated/α-hetero) is 3. The molecule has 3 atom stereocenters. The van der Waals surface area contributed by atoms with Gasteiger partial charge in [0, 0.05) is 122 Å². The minimum Gasteiger partial charge on any atom is -0.493 e. The number of rotatable bonds is 27. The second-order valence-electron chi connectivity index (χ2n) is 37.5. The van der Waals surface area contributed by atoms with Gasteiger partial charge in [0.15, 0.2) is 11.6 Å². The molecule has 7 aromatic carbocycles. The van der Waals surface area contributed by atoms with E-state index in [0.717, 1.165) is 167 Å². The molecule has 17 heteroatoms. The number of likely N-dealkylation sites (tertiary alicyclic amines) is 1. The fourth-order valence-electron chi connectivity index (χ4n) is 17.3. The van der Waals surface area contributed by atoms with Crippen molar-refractivity contribution in [2.24, 2.45) is 23.7 Å². The molecule has 2 saturated carbocycles. The highest BCUT2D eigenvalue weighted by molar-refractivity contribution is 14.1. The number of aromatic nitrogens is 2. The average Bonchev–Trinajstić information content (AvgIpc) is 1.38. The number of ether oxygens (including phenoxy) is 3. The first kappa shape index (κ1) is 103. The molecule has 4 fully saturated rings. The van der Waals surface area contributed by atoms with Crippen LogP contribution in [-0.4, -0.2) is 162 Å². The van der Waals surface area contributed by atoms with E-state index in [1.54, 1.807) is 30.3 Å². The maximum atomic E-state index is 13.3. The van der Waals surface area contributed by atoms with E-state index in [-0.39, 0.29) is 41.5 Å². The largest absolute Gasteiger partial charge is 0.493 e. The highest BCUT2D eigenvalue weighted by Crippen LogP contribution is 2.44. The zero-order chi connectivity index (χ0) is 93.9. The molecule has 131 heavy (non-hydrogen) atoms. The molecule has 696 valence electrons. The van der Waals surface area contributed by atoms with Crippen molar-refractivity contribution in [3.63, 3.8) is 0 Å². The zero-order valence-corrected chi connectivity index (χ0v) is 83.5. The van der Waals surface area contributed by atoms with E-state index in [2.05, 4.69) is 195 Å². The van der Waals surface area contributed by atoms with E-state index in [0.29, 0.717) is 60.4 Å². The van der Waals surface area contributed by atoms with E-state index in [1.165, 1.54) is 128 Å². The van der Waals surface area contributed by atoms with Gasteiger partial charge in [-0.3, -0.25) is 43.7 Å². The Bertz CT molecular complexity index is 5260. The predicted octanol–water partition coefficient (Wildman–Crippen LogP) is 24.6. The number of thiocarbonyl (C=S) groups is 1. The Morgan fingerprint density at radius 2 is 1.20 bits per heavy atom. The van der Waals surface area contributed by atoms with Gasteiger partial charge in [0.2, 0.25) is 0 Å². The molecule has 3 unspecified atom stereocenters. The Balaban J connectivity index is 0.000000166. The number of pyridine rings is 2. The number of carbonyl (C=O) groups is 5. The van der Waals surface area contributed by atoms with Crippen molar-refractivity contribution in [3.8, 4) is 22.6 Å². The van der Waals surface area contributed by atoms with Crippen LogP contribution in [0.25, 0.3) is 11.1 Å². The summed E-state index contributed by atoms with van der Waals surface area (Å²) in [7, 11) is 1.86. The van der Waals surface area contributed by atoms with Crippen molar-refractivity contribution >= 4 is 74.8 Å². The number of methoxy groups -OCH3 is 1. The van der Waals surface area contributed by atoms with Crippen molar-refractivity contribution in [2.45, 2.75) is 217 Å². The van der Waals surface area contributed by atoms with Crippen molar-refractivity contribution in [3.05, 3.63) is 312 Å². The number of hydrogen-bond acceptors (Lipinski definition) is 14. The number of carbonyl (C=O) groups excluding carboxylic acids is 5. The monoisotopic (exact) mass is 1900 g/mol. The number of piperidine rings is 1. The third-order valence-electron chi connectivity index (χ3n) is 25.9. The number of amides is 2. The van der Waals surface area contributed by atoms with Crippen LogP contribution in [0.3, 0.4) is 0 Å². The van der Waals surface area contributed by atoms with Crippen LogP contribution in [0.2, 0.25) is 0 Å². The van der Waals surface area contributed by atoms with Gasteiger partial charge in [0.05, 0.1) is 36.4 Å². The topological polar surface area (TPSA) is 155 Å². The van der Waals surface area contributed by atoms with Gasteiger partial charge in [-0.1, -0.05) is 220 Å². The molecule has 7 aliphatic rings. The lowest BCUT2D eigenvalue weighted by Gasteiger charge is -2.43. The first-order chi connectivity index (χ1) is 63.1. The lowest BCUT2D eigenvalue weighted by molar-refractivity contribution is -0.125. The first-order valence-corrected chi connectivity index (χ1v) is 49.3. The van der Waals surface area contributed by atoms with Crippen molar-refractivity contribution in [2.75, 3.05) is 90.7 Å². The Morgan fingerprint density at radius 3 is 1.81 bits per heavy atom. The smallest absolute Gasteiger partial charge is 0.259 e. The van der Waals surface area contributed by atoms with Crippen molar-refractivity contribution in [1.82, 2.24) is 29.6 Å². The van der Waals surface area contributed by atoms with Gasteiger partial charge < -0.3 is 24.0 Å². The Labute approximate surface area is 802 Å². The molecule has 0 spiro atoms. The molecule has 0 N–H and O–H groups in total. The maximum absolute atomic E-state index is 13.3. The van der Waals surface area contributed by atoms with Crippen LogP contribution < -0.4 is 14.4 Å². The molecule has 0 radical (unpaired) electrons. The molecule has 15 nitrogen and oxygen atoms in total. The van der Waals surface area contributed by atoms with Crippen LogP contribution in [0.1, 0.15) is 230 Å². The summed E-state index contributed by atoms with van der Waals surface area (Å²) in [6, 6.07) is 62.1. The molecule has 0 bridgehead atoms. The summed E-state index contributed by atoms with van der Waals surface area (Å²) in [5.74, 6) is 5.27. The number of benzene rings is 7. The summed E-state index contributed by atoms with van der Waals surface area (Å²) in [6.45, 7) is 43.6. The van der Waals surface area contributed by atoms with E-state index in [9.17, 15) is 24.0 Å². The Hall–Kier alpha value is -9.73. The third-order valence-corrected chi connectivity index (χ3v) is 27.4. The summed E-state index contributed by atoms with van der Waals surface area (Å²) in [4.78, 5) is 80.5. The maximum Gasteiger partial charge on any atom is 0.259 e. The quantitative estimate of drug-likeness (QED) is 0.0158. The minimum atomic E-state index is -0.0220. The van der Waals surface area contributed by atoms with Crippen molar-refractivity contribution < 1.29 is 38.2 Å². The second kappa shape index (κ2) is 53.2. The SMILES string of the molecule is C=C(C)CCc1ccc(C)c(I)c1.C=C(C)CCc1cccc(C)c1.CC1=CCC(=O)CC1=O.COC1CCCCC1N1CCN(CCN(C(=O)c2ccc(C)cc2)c2ccccn2)CC1.Cc1cc2c(c(OCC(C)CCC(C)C)c1)-c1ccccc1C2.Cc1ccc(C(=O)C2CCN(CCN3C(=O)c4ccccc4CC3=S)CC2)cc1.Cc1ncccc1OCC1CCC1. The molecular weight excluding hydrogens is 1750 g/mol. The number of aryl methyl sites for hydroxylation is 8. The zero-order valence-electron chi connectivity index (χ0n) is 80.5. The Kier molecular flexibility index (Phi) is 42.0. The lowest BCUT2D eigenvalue weighted by Crippen LogP contribution is -2.55. The standard InChI is InChI=1S/C26H36N4O2.C24H26N2O2S.C22H28O.C12H15I.C12H16.C11H15NO.C7H8O2/c1-21-10-12-22(13-11-21)26(31)30(25-9-5-6-14-27-25)20-17-28-15-18-29(19-16-28)23-7-3-4-8-24(23)32-2;1-17-6-8-18(9-7-17)23(27)19-10-12-25(13-11-19)14-15-26-22(29)16-20-4-2-3-5-21(20)24(26)28;1-15(2)9-10-16(3)14-23-21-12-17(4)11-19-13-18-7-5-6-8-20(18)22(19)21;1-9(2)4-6-11-7-5-10(3)12(13)8-11;1-10(2)7-8-12-6-4-5-11(3)9-12;1-9-11(6-3-7-12-9)13-8-10-4-2-5-10;1-5-2-3-6(8)4-7(5)9/h5-6,9-14,23-24H,3-4,7-8,15-20H2,1-2H3;2-9,19H,10-16H2,1H3;5-8,11-12,15-16H,9-10,13-14H2,1-4H3;5,7-8H,1,4,6H2,2-3H3;4-6,9H,1,7-8H2,2-3H3;3,6-7,10H,2,4-5,8H2,1H3;2H,3-4H2,1H3. The molecule has 4 aliphatic carbocycles. The van der Waals surface area contributed by atoms with Crippen LogP contribution in [0.5, 0.6) is 11.5 Å². The summed E-state index contributed by atoms with van der Waals surface area (Å²) in [6.07, 6.45) is 25.6. The molecule has 2 aromatic heterocycles. The normalized spacial score (nSPS) is 16.8. The number of hydrogen-bond donors (Lipinski definition) is 0. The van der Waals surface area contributed by atoms with Gasteiger partial charge in [0.25, 0.3) is 11.8 Å². The van der Waals surface area contributed by atoms with Crippen molar-refractivity contribution in [1.29, 1.82) is 0 Å². The van der Waals surface area contributed by atoms with E-state index in [4.69, 9.17) is 26.4 Å². The number of halogens is 1. The average molecular weight is 1900 g/mol. The predicted molar refractivity (Wildman–Crippen MR) is 551 cm³/mol. The summed E-state index contributed by atoms with van der Waals surface area (Å²) >= 11 is 7.89. The number of ketones is 3. The summed E-state index contributed by atoms with van der Waals surface area (Å²) < 4.78 is 19.1. The van der Waals surface area contributed by atoms with E-state index in [1.807, 2.05) is 136 Å². The molecule has 16 rings (SSSR count). The highest BCUT2D eigenvalue weighted by Gasteiger charge is 2.35. The molecule has 5 heterocycles. The van der Waals surface area contributed by atoms with E-state index < -0.39 is 0 Å². The van der Waals surface area contributed by atoms with Gasteiger partial charge in [-0.2, -0.15) is 0 Å². The molecule has 3 aliphatic heterocycles. The van der Waals surface area contributed by atoms with Crippen LogP contribution in [-0.2, 0) is 40.0 Å². The Morgan fingerprint density at radius 1 is 0.565 bits per heavy atom. The molecule has 2 amide bonds. The van der Waals surface area contributed by atoms with Gasteiger partial charge in [-0.15, -0.1) is 13.2 Å². The molecule has 2 saturated heterocycles. The highest BCUT2D eigenvalue weighted by atomic mass is 127. The van der Waals surface area contributed by atoms with Gasteiger partial charge >= 0.3 is 0 Å². The van der Waals surface area contributed by atoms with Gasteiger partial charge in [-0.05, 0) is 297 Å². The number of fused-ring (bicyclic) bond motifs is 4. The van der Waals surface area contributed by atoms with Crippen LogP contribution in [0, 0.1) is 68.8 Å². The molecule has 9 aromatic rings. The fourth-order valence-corrected chi connectivity index (χ4v) is 18.2. The lowest BCUT2D eigenvalue weighted by atomic mass is 9.86. The third kappa shape index (κ3) is 33.2. The fraction of sp³-hybridized carbons (Fsp3) is 0.439. The van der Waals surface area contributed by atoms with Crippen LogP contribution >= 0.6 is 34.8 Å². The summed E-state index contributed by atoms with van der Waals surface area (Å²) in [5, 5.41) is 0. The number of allylic oxidation sites excluding steroid dienone is 4. The van der Waals surface area contributed by atoms with Crippen LogP contribution in [0.15, 0.2) is 230 Å².